The Kier molecular flexibility index (Phi) is 6.21. The molecular weight excluding hydrogens is 302 g/mol. The van der Waals surface area contributed by atoms with E-state index in [1.54, 1.807) is 18.2 Å². The van der Waals surface area contributed by atoms with Gasteiger partial charge < -0.3 is 16.4 Å². The number of rotatable bonds is 5. The lowest BCUT2D eigenvalue weighted by Crippen LogP contribution is -2.24. The number of halogens is 1. The van der Waals surface area contributed by atoms with Gasteiger partial charge in [-0.2, -0.15) is 0 Å². The summed E-state index contributed by atoms with van der Waals surface area (Å²) in [6.45, 7) is 0.301. The van der Waals surface area contributed by atoms with Gasteiger partial charge in [0.25, 0.3) is 0 Å². The average Bonchev–Trinajstić information content (AvgIpc) is 2.51. The second-order valence-electron chi connectivity index (χ2n) is 5.61. The van der Waals surface area contributed by atoms with Gasteiger partial charge in [-0.15, -0.1) is 0 Å². The number of nitrogens with one attached hydrogen (secondary N) is 2. The Bertz CT molecular complexity index is 542. The third-order valence-corrected chi connectivity index (χ3v) is 4.17. The molecule has 0 spiro atoms. The lowest BCUT2D eigenvalue weighted by molar-refractivity contribution is -0.120. The van der Waals surface area contributed by atoms with E-state index >= 15 is 0 Å². The van der Waals surface area contributed by atoms with Crippen molar-refractivity contribution in [3.63, 3.8) is 0 Å². The lowest BCUT2D eigenvalue weighted by atomic mass is 9.88. The van der Waals surface area contributed by atoms with E-state index in [2.05, 4.69) is 10.6 Å². The number of benzene rings is 1. The molecule has 0 atom stereocenters. The first-order chi connectivity index (χ1) is 10.6. The van der Waals surface area contributed by atoms with Gasteiger partial charge in [0.15, 0.2) is 0 Å². The summed E-state index contributed by atoms with van der Waals surface area (Å²) in [5, 5.41) is 6.01. The fourth-order valence-electron chi connectivity index (χ4n) is 2.65. The Morgan fingerprint density at radius 3 is 2.55 bits per heavy atom. The van der Waals surface area contributed by atoms with Crippen LogP contribution in [0.1, 0.15) is 38.5 Å². The van der Waals surface area contributed by atoms with Crippen LogP contribution < -0.4 is 16.4 Å². The largest absolute Gasteiger partial charge is 0.330 e. The minimum absolute atomic E-state index is 0.0292. The number of nitrogens with two attached hydrogens (primary N) is 1. The fraction of sp³-hybridized carbons (Fsp3) is 0.500. The zero-order chi connectivity index (χ0) is 15.9. The van der Waals surface area contributed by atoms with Gasteiger partial charge in [-0.1, -0.05) is 30.9 Å². The predicted molar refractivity (Wildman–Crippen MR) is 89.0 cm³/mol. The number of amides is 2. The highest BCUT2D eigenvalue weighted by Crippen LogP contribution is 2.29. The maximum absolute atomic E-state index is 12.2. The molecule has 120 valence electrons. The van der Waals surface area contributed by atoms with Crippen molar-refractivity contribution >= 4 is 34.8 Å². The molecule has 0 aromatic heterocycles. The van der Waals surface area contributed by atoms with Gasteiger partial charge in [0.05, 0.1) is 10.7 Å². The molecule has 0 unspecified atom stereocenters. The highest BCUT2D eigenvalue weighted by atomic mass is 35.5. The van der Waals surface area contributed by atoms with Crippen LogP contribution in [0.4, 0.5) is 11.4 Å². The van der Waals surface area contributed by atoms with E-state index in [1.807, 2.05) is 0 Å². The second kappa shape index (κ2) is 8.15. The molecule has 1 fully saturated rings. The Balaban J connectivity index is 1.97. The van der Waals surface area contributed by atoms with E-state index < -0.39 is 0 Å². The van der Waals surface area contributed by atoms with Crippen molar-refractivity contribution in [3.05, 3.63) is 23.2 Å². The molecule has 2 amide bonds. The van der Waals surface area contributed by atoms with E-state index in [0.717, 1.165) is 25.7 Å². The first-order valence-corrected chi connectivity index (χ1v) is 8.08. The highest BCUT2D eigenvalue weighted by Gasteiger charge is 2.21. The Morgan fingerprint density at radius 2 is 1.91 bits per heavy atom. The molecule has 6 heteroatoms. The topological polar surface area (TPSA) is 84.2 Å². The standard InChI is InChI=1S/C16H22ClN3O2/c17-13-10-12(19-15(21)8-9-18)6-7-14(13)20-16(22)11-4-2-1-3-5-11/h6-7,10-11H,1-5,8-9,18H2,(H,19,21)(H,20,22). The maximum atomic E-state index is 12.2. The average molecular weight is 324 g/mol. The number of carbonyl (C=O) groups excluding carboxylic acids is 2. The summed E-state index contributed by atoms with van der Waals surface area (Å²) in [6, 6.07) is 5.06. The van der Waals surface area contributed by atoms with Crippen molar-refractivity contribution in [1.29, 1.82) is 0 Å². The molecule has 1 aromatic rings. The van der Waals surface area contributed by atoms with Gasteiger partial charge in [0.1, 0.15) is 0 Å². The van der Waals surface area contributed by atoms with Crippen molar-refractivity contribution in [2.24, 2.45) is 11.7 Å². The minimum atomic E-state index is -0.155. The Morgan fingerprint density at radius 1 is 1.18 bits per heavy atom. The fourth-order valence-corrected chi connectivity index (χ4v) is 2.88. The maximum Gasteiger partial charge on any atom is 0.227 e. The van der Waals surface area contributed by atoms with Crippen LogP contribution in [0, 0.1) is 5.92 Å². The van der Waals surface area contributed by atoms with Crippen molar-refractivity contribution in [3.8, 4) is 0 Å². The molecule has 1 aliphatic rings. The molecule has 0 heterocycles. The molecule has 1 aromatic carbocycles. The van der Waals surface area contributed by atoms with Gasteiger partial charge in [-0.3, -0.25) is 9.59 Å². The van der Waals surface area contributed by atoms with Gasteiger partial charge in [0, 0.05) is 24.6 Å². The molecule has 4 N–H and O–H groups in total. The third kappa shape index (κ3) is 4.71. The SMILES string of the molecule is NCCC(=O)Nc1ccc(NC(=O)C2CCCCC2)c(Cl)c1. The normalized spacial score (nSPS) is 15.4. The lowest BCUT2D eigenvalue weighted by Gasteiger charge is -2.21. The summed E-state index contributed by atoms with van der Waals surface area (Å²) in [7, 11) is 0. The van der Waals surface area contributed by atoms with E-state index in [4.69, 9.17) is 17.3 Å². The molecule has 0 aliphatic heterocycles. The Labute approximate surface area is 135 Å². The minimum Gasteiger partial charge on any atom is -0.330 e. The van der Waals surface area contributed by atoms with E-state index in [1.165, 1.54) is 6.42 Å². The monoisotopic (exact) mass is 323 g/mol. The van der Waals surface area contributed by atoms with Crippen LogP contribution in [-0.4, -0.2) is 18.4 Å². The quantitative estimate of drug-likeness (QED) is 0.778. The molecular formula is C16H22ClN3O2. The number of carbonyl (C=O) groups is 2. The van der Waals surface area contributed by atoms with Crippen molar-refractivity contribution in [2.45, 2.75) is 38.5 Å². The van der Waals surface area contributed by atoms with Crippen molar-refractivity contribution < 1.29 is 9.59 Å². The van der Waals surface area contributed by atoms with Crippen molar-refractivity contribution in [2.75, 3.05) is 17.2 Å². The van der Waals surface area contributed by atoms with Crippen LogP contribution in [-0.2, 0) is 9.59 Å². The second-order valence-corrected chi connectivity index (χ2v) is 6.01. The summed E-state index contributed by atoms with van der Waals surface area (Å²) in [5.41, 5.74) is 6.50. The van der Waals surface area contributed by atoms with E-state index in [0.29, 0.717) is 22.9 Å². The highest BCUT2D eigenvalue weighted by molar-refractivity contribution is 6.34. The number of hydrogen-bond donors (Lipinski definition) is 3. The van der Waals surface area contributed by atoms with Gasteiger partial charge in [0.2, 0.25) is 11.8 Å². The van der Waals surface area contributed by atoms with E-state index in [9.17, 15) is 9.59 Å². The zero-order valence-corrected chi connectivity index (χ0v) is 13.3. The van der Waals surface area contributed by atoms with Crippen LogP contribution in [0.3, 0.4) is 0 Å². The first kappa shape index (κ1) is 16.8. The molecule has 0 bridgehead atoms. The molecule has 0 radical (unpaired) electrons. The summed E-state index contributed by atoms with van der Waals surface area (Å²) in [4.78, 5) is 23.7. The summed E-state index contributed by atoms with van der Waals surface area (Å²) >= 11 is 6.18. The smallest absolute Gasteiger partial charge is 0.227 e. The van der Waals surface area contributed by atoms with E-state index in [-0.39, 0.29) is 24.2 Å². The number of hydrogen-bond acceptors (Lipinski definition) is 3. The van der Waals surface area contributed by atoms with Gasteiger partial charge >= 0.3 is 0 Å². The molecule has 1 aliphatic carbocycles. The van der Waals surface area contributed by atoms with Crippen LogP contribution >= 0.6 is 11.6 Å². The molecule has 0 saturated heterocycles. The summed E-state index contributed by atoms with van der Waals surface area (Å²) in [5.74, 6) is -0.0483. The molecule has 2 rings (SSSR count). The van der Waals surface area contributed by atoms with Gasteiger partial charge in [-0.05, 0) is 31.0 Å². The summed E-state index contributed by atoms with van der Waals surface area (Å²) in [6.07, 6.45) is 5.57. The Hall–Kier alpha value is -1.59. The molecule has 5 nitrogen and oxygen atoms in total. The van der Waals surface area contributed by atoms with Crippen LogP contribution in [0.5, 0.6) is 0 Å². The third-order valence-electron chi connectivity index (χ3n) is 3.86. The van der Waals surface area contributed by atoms with Crippen LogP contribution in [0.2, 0.25) is 5.02 Å². The predicted octanol–water partition coefficient (Wildman–Crippen LogP) is 3.15. The molecule has 22 heavy (non-hydrogen) atoms. The van der Waals surface area contributed by atoms with Crippen molar-refractivity contribution in [1.82, 2.24) is 0 Å². The zero-order valence-electron chi connectivity index (χ0n) is 12.5. The van der Waals surface area contributed by atoms with Gasteiger partial charge in [-0.25, -0.2) is 0 Å². The van der Waals surface area contributed by atoms with Crippen LogP contribution in [0.15, 0.2) is 18.2 Å². The molecule has 1 saturated carbocycles. The number of anilines is 2. The first-order valence-electron chi connectivity index (χ1n) is 7.70. The van der Waals surface area contributed by atoms with Crippen LogP contribution in [0.25, 0.3) is 0 Å². The summed E-state index contributed by atoms with van der Waals surface area (Å²) < 4.78 is 0.